The molecular weight excluding hydrogens is 512 g/mol. The molecule has 2 N–H and O–H groups in total. The van der Waals surface area contributed by atoms with Gasteiger partial charge in [0.25, 0.3) is 0 Å². The minimum absolute atomic E-state index is 0.306. The number of amides is 1. The van der Waals surface area contributed by atoms with Crippen molar-refractivity contribution >= 4 is 39.9 Å². The highest BCUT2D eigenvalue weighted by Gasteiger charge is 2.15. The third kappa shape index (κ3) is 6.88. The van der Waals surface area contributed by atoms with Crippen molar-refractivity contribution in [2.45, 2.75) is 13.5 Å². The number of hydrogen-bond donors (Lipinski definition) is 2. The van der Waals surface area contributed by atoms with Gasteiger partial charge in [0.2, 0.25) is 5.91 Å². The zero-order valence-corrected chi connectivity index (χ0v) is 22.5. The summed E-state index contributed by atoms with van der Waals surface area (Å²) in [4.78, 5) is 17.3. The molecule has 5 rings (SSSR count). The summed E-state index contributed by atoms with van der Waals surface area (Å²) in [6.07, 6.45) is 4.74. The van der Waals surface area contributed by atoms with E-state index in [-0.39, 0.29) is 5.91 Å². The second-order valence-corrected chi connectivity index (χ2v) is 9.11. The Balaban J connectivity index is 1.41. The van der Waals surface area contributed by atoms with Crippen LogP contribution in [0.15, 0.2) is 109 Å². The molecule has 1 amide bonds. The van der Waals surface area contributed by atoms with Crippen LogP contribution in [0.3, 0.4) is 0 Å². The molecule has 1 aromatic heterocycles. The molecule has 0 saturated carbocycles. The van der Waals surface area contributed by atoms with Crippen LogP contribution in [0.2, 0.25) is 0 Å². The lowest BCUT2D eigenvalue weighted by atomic mass is 10.1. The fourth-order valence-corrected chi connectivity index (χ4v) is 4.24. The summed E-state index contributed by atoms with van der Waals surface area (Å²) in [6.45, 7) is 2.75. The van der Waals surface area contributed by atoms with Gasteiger partial charge < -0.3 is 20.1 Å². The lowest BCUT2D eigenvalue weighted by molar-refractivity contribution is -0.111. The number of ether oxygens (including phenoxy) is 2. The van der Waals surface area contributed by atoms with E-state index in [0.29, 0.717) is 46.8 Å². The molecule has 0 aliphatic heterocycles. The van der Waals surface area contributed by atoms with Gasteiger partial charge in [-0.3, -0.25) is 9.78 Å². The van der Waals surface area contributed by atoms with Crippen LogP contribution in [0.25, 0.3) is 17.0 Å². The van der Waals surface area contributed by atoms with Crippen LogP contribution in [0.5, 0.6) is 11.5 Å². The Morgan fingerprint density at radius 2 is 1.68 bits per heavy atom. The average molecular weight is 541 g/mol. The monoisotopic (exact) mass is 540 g/mol. The summed E-state index contributed by atoms with van der Waals surface area (Å²) in [5.41, 5.74) is 4.81. The number of carbonyl (C=O) groups excluding carboxylic acids is 1. The average Bonchev–Trinajstić information content (AvgIpc) is 3.01. The Hall–Kier alpha value is -5.61. The molecular formula is C34H28N4O3. The Bertz CT molecular complexity index is 1710. The first-order valence-electron chi connectivity index (χ1n) is 13.2. The molecule has 5 aromatic rings. The Morgan fingerprint density at radius 3 is 2.39 bits per heavy atom. The van der Waals surface area contributed by atoms with Gasteiger partial charge in [-0.1, -0.05) is 60.7 Å². The lowest BCUT2D eigenvalue weighted by Crippen LogP contribution is -2.10. The van der Waals surface area contributed by atoms with Gasteiger partial charge in [0.15, 0.2) is 0 Å². The van der Waals surface area contributed by atoms with Crippen molar-refractivity contribution < 1.29 is 14.3 Å². The number of fused-ring (bicyclic) bond motifs is 1. The SMILES string of the molecule is CCOc1cc2ncc(C#N)c(Nc3ccc(OCc4ccccc4)cc3)c2cc1NC(=O)/C=C/c1ccccc1. The molecule has 7 heteroatoms. The summed E-state index contributed by atoms with van der Waals surface area (Å²) in [5, 5.41) is 16.8. The highest BCUT2D eigenvalue weighted by atomic mass is 16.5. The minimum atomic E-state index is -0.306. The predicted octanol–water partition coefficient (Wildman–Crippen LogP) is 7.48. The van der Waals surface area contributed by atoms with E-state index in [1.165, 1.54) is 12.3 Å². The van der Waals surface area contributed by atoms with Crippen molar-refractivity contribution in [3.8, 4) is 17.6 Å². The van der Waals surface area contributed by atoms with Gasteiger partial charge in [0, 0.05) is 29.4 Å². The third-order valence-corrected chi connectivity index (χ3v) is 6.25. The molecule has 0 spiro atoms. The molecule has 0 atom stereocenters. The fourth-order valence-electron chi connectivity index (χ4n) is 4.24. The van der Waals surface area contributed by atoms with Crippen LogP contribution in [0.1, 0.15) is 23.6 Å². The topological polar surface area (TPSA) is 96.3 Å². The molecule has 202 valence electrons. The van der Waals surface area contributed by atoms with Crippen LogP contribution in [0.4, 0.5) is 17.1 Å². The second kappa shape index (κ2) is 13.0. The predicted molar refractivity (Wildman–Crippen MR) is 162 cm³/mol. The summed E-state index contributed by atoms with van der Waals surface area (Å²) < 4.78 is 11.7. The number of pyridine rings is 1. The smallest absolute Gasteiger partial charge is 0.248 e. The molecule has 41 heavy (non-hydrogen) atoms. The van der Waals surface area contributed by atoms with Gasteiger partial charge in [0.05, 0.1) is 29.1 Å². The van der Waals surface area contributed by atoms with E-state index in [0.717, 1.165) is 22.6 Å². The fraction of sp³-hybridized carbons (Fsp3) is 0.0882. The number of anilines is 3. The molecule has 7 nitrogen and oxygen atoms in total. The van der Waals surface area contributed by atoms with Crippen LogP contribution < -0.4 is 20.1 Å². The molecule has 0 radical (unpaired) electrons. The van der Waals surface area contributed by atoms with Crippen molar-refractivity contribution in [3.63, 3.8) is 0 Å². The number of nitrogens with one attached hydrogen (secondary N) is 2. The van der Waals surface area contributed by atoms with E-state index in [9.17, 15) is 10.1 Å². The van der Waals surface area contributed by atoms with Crippen molar-refractivity contribution in [2.75, 3.05) is 17.2 Å². The zero-order chi connectivity index (χ0) is 28.4. The van der Waals surface area contributed by atoms with Gasteiger partial charge in [-0.25, -0.2) is 0 Å². The first kappa shape index (κ1) is 27.0. The van der Waals surface area contributed by atoms with E-state index < -0.39 is 0 Å². The molecule has 0 bridgehead atoms. The van der Waals surface area contributed by atoms with Crippen LogP contribution >= 0.6 is 0 Å². The number of carbonyl (C=O) groups is 1. The molecule has 4 aromatic carbocycles. The van der Waals surface area contributed by atoms with Gasteiger partial charge >= 0.3 is 0 Å². The minimum Gasteiger partial charge on any atom is -0.492 e. The first-order chi connectivity index (χ1) is 20.1. The number of nitrogens with zero attached hydrogens (tertiary/aromatic N) is 2. The van der Waals surface area contributed by atoms with Gasteiger partial charge in [-0.2, -0.15) is 5.26 Å². The largest absolute Gasteiger partial charge is 0.492 e. The summed E-state index contributed by atoms with van der Waals surface area (Å²) in [6, 6.07) is 32.8. The van der Waals surface area contributed by atoms with E-state index >= 15 is 0 Å². The molecule has 1 heterocycles. The third-order valence-electron chi connectivity index (χ3n) is 6.25. The van der Waals surface area contributed by atoms with Gasteiger partial charge in [0.1, 0.15) is 24.2 Å². The normalized spacial score (nSPS) is 10.7. The van der Waals surface area contributed by atoms with Crippen molar-refractivity contribution in [1.29, 1.82) is 5.26 Å². The maximum Gasteiger partial charge on any atom is 0.248 e. The van der Waals surface area contributed by atoms with Crippen LogP contribution in [0, 0.1) is 11.3 Å². The standard InChI is InChI=1S/C34H28N4O3/c1-2-40-32-20-30-29(19-31(32)38-33(39)18-13-24-9-5-3-6-10-24)34(26(21-35)22-36-30)37-27-14-16-28(17-15-27)41-23-25-11-7-4-8-12-25/h3-20,22H,2,23H2,1H3,(H,36,37)(H,38,39)/b18-13+. The Kier molecular flexibility index (Phi) is 8.53. The summed E-state index contributed by atoms with van der Waals surface area (Å²) in [7, 11) is 0. The highest BCUT2D eigenvalue weighted by Crippen LogP contribution is 2.36. The number of aromatic nitrogens is 1. The maximum absolute atomic E-state index is 12.8. The second-order valence-electron chi connectivity index (χ2n) is 9.11. The Labute approximate surface area is 238 Å². The van der Waals surface area contributed by atoms with Gasteiger partial charge in [-0.05, 0) is 54.5 Å². The molecule has 0 aliphatic rings. The molecule has 0 aliphatic carbocycles. The first-order valence-corrected chi connectivity index (χ1v) is 13.2. The molecule has 0 unspecified atom stereocenters. The van der Waals surface area contributed by atoms with Crippen molar-refractivity contribution in [3.05, 3.63) is 126 Å². The lowest BCUT2D eigenvalue weighted by Gasteiger charge is -2.16. The van der Waals surface area contributed by atoms with E-state index in [1.807, 2.05) is 91.9 Å². The quantitative estimate of drug-likeness (QED) is 0.178. The van der Waals surface area contributed by atoms with Crippen LogP contribution in [-0.2, 0) is 11.4 Å². The van der Waals surface area contributed by atoms with E-state index in [2.05, 4.69) is 21.7 Å². The zero-order valence-electron chi connectivity index (χ0n) is 22.5. The Morgan fingerprint density at radius 1 is 0.951 bits per heavy atom. The van der Waals surface area contributed by atoms with Crippen LogP contribution in [-0.4, -0.2) is 17.5 Å². The number of hydrogen-bond acceptors (Lipinski definition) is 6. The highest BCUT2D eigenvalue weighted by molar-refractivity contribution is 6.06. The number of benzene rings is 4. The van der Waals surface area contributed by atoms with E-state index in [4.69, 9.17) is 9.47 Å². The van der Waals surface area contributed by atoms with Crippen molar-refractivity contribution in [1.82, 2.24) is 4.98 Å². The molecule has 0 saturated heterocycles. The van der Waals surface area contributed by atoms with E-state index in [1.54, 1.807) is 18.2 Å². The van der Waals surface area contributed by atoms with Crippen molar-refractivity contribution in [2.24, 2.45) is 0 Å². The number of nitriles is 1. The summed E-state index contributed by atoms with van der Waals surface area (Å²) >= 11 is 0. The maximum atomic E-state index is 12.8. The summed E-state index contributed by atoms with van der Waals surface area (Å²) in [5.74, 6) is 0.915. The number of rotatable bonds is 10. The molecule has 0 fully saturated rings. The van der Waals surface area contributed by atoms with Gasteiger partial charge in [-0.15, -0.1) is 0 Å².